The number of aliphatic carboxylic acids is 1. The van der Waals surface area contributed by atoms with E-state index < -0.39 is 5.97 Å². The summed E-state index contributed by atoms with van der Waals surface area (Å²) in [6.07, 6.45) is 14.1. The van der Waals surface area contributed by atoms with Gasteiger partial charge >= 0.3 is 11.7 Å². The molecule has 2 saturated carbocycles. The fourth-order valence-electron chi connectivity index (χ4n) is 6.55. The molecule has 13 nitrogen and oxygen atoms in total. The number of carbonyl (C=O) groups is 1. The van der Waals surface area contributed by atoms with Crippen LogP contribution in [0.25, 0.3) is 28.6 Å². The zero-order valence-electron chi connectivity index (χ0n) is 29.4. The first-order valence-electron chi connectivity index (χ1n) is 18.0. The lowest BCUT2D eigenvalue weighted by molar-refractivity contribution is -0.131. The Kier molecular flexibility index (Phi) is 16.9. The number of nitrogens with one attached hydrogen (secondary N) is 1. The zero-order valence-corrected chi connectivity index (χ0v) is 29.4. The Hall–Kier alpha value is -3.62. The third-order valence-corrected chi connectivity index (χ3v) is 9.21. The second-order valence-electron chi connectivity index (χ2n) is 12.9. The standard InChI is InChI=1S/C28H34N4O4.C9H20O5/c33-23(34)16-13-19-11-14-22(15-12-19)25-29-24-26(30-25)31(17-20-7-3-1-4-8-20)28(36)32(27(24)35)18-21-9-5-2-6-10-21;1-11-4-5-13-8-9-14-7-6-12-3-2-10/h11-16,20-21H,1-10,17-18H2,(H,29,30)(H,33,34);10H,2-9H2,1H3/b16-13+;. The maximum atomic E-state index is 13.7. The maximum Gasteiger partial charge on any atom is 0.332 e. The molecule has 2 aromatic heterocycles. The number of rotatable bonds is 18. The quantitative estimate of drug-likeness (QED) is 0.127. The van der Waals surface area contributed by atoms with E-state index in [1.54, 1.807) is 23.8 Å². The molecule has 0 amide bonds. The van der Waals surface area contributed by atoms with Crippen molar-refractivity contribution in [2.45, 2.75) is 77.3 Å². The summed E-state index contributed by atoms with van der Waals surface area (Å²) in [5, 5.41) is 17.2. The summed E-state index contributed by atoms with van der Waals surface area (Å²) in [5.41, 5.74) is 1.80. The van der Waals surface area contributed by atoms with Crippen molar-refractivity contribution in [2.24, 2.45) is 11.8 Å². The number of aliphatic hydroxyl groups is 1. The van der Waals surface area contributed by atoms with Crippen molar-refractivity contribution in [1.29, 1.82) is 0 Å². The largest absolute Gasteiger partial charge is 0.478 e. The number of carboxylic acid groups (broad SMARTS) is 1. The smallest absolute Gasteiger partial charge is 0.332 e. The fraction of sp³-hybridized carbons (Fsp3) is 0.622. The molecule has 0 spiro atoms. The molecule has 13 heteroatoms. The van der Waals surface area contributed by atoms with Gasteiger partial charge in [0.15, 0.2) is 5.65 Å². The Balaban J connectivity index is 0.000000341. The molecule has 5 rings (SSSR count). The van der Waals surface area contributed by atoms with E-state index in [-0.39, 0.29) is 17.9 Å². The predicted molar refractivity (Wildman–Crippen MR) is 191 cm³/mol. The first kappa shape index (κ1) is 39.2. The molecule has 0 radical (unpaired) electrons. The number of methoxy groups -OCH3 is 1. The minimum atomic E-state index is -1.00. The summed E-state index contributed by atoms with van der Waals surface area (Å²) in [5.74, 6) is 0.305. The van der Waals surface area contributed by atoms with Gasteiger partial charge < -0.3 is 34.1 Å². The topological polar surface area (TPSA) is 167 Å². The highest BCUT2D eigenvalue weighted by Gasteiger charge is 2.24. The van der Waals surface area contributed by atoms with Gasteiger partial charge in [-0.05, 0) is 49.2 Å². The highest BCUT2D eigenvalue weighted by Crippen LogP contribution is 2.27. The average molecular weight is 699 g/mol. The molecule has 50 heavy (non-hydrogen) atoms. The molecule has 2 aliphatic rings. The third kappa shape index (κ3) is 12.3. The van der Waals surface area contributed by atoms with Crippen LogP contribution in [0.4, 0.5) is 0 Å². The highest BCUT2D eigenvalue weighted by molar-refractivity contribution is 5.85. The molecule has 2 fully saturated rings. The van der Waals surface area contributed by atoms with E-state index in [1.807, 2.05) is 12.1 Å². The van der Waals surface area contributed by atoms with E-state index in [1.165, 1.54) is 36.3 Å². The number of fused-ring (bicyclic) bond motifs is 1. The first-order chi connectivity index (χ1) is 24.4. The summed E-state index contributed by atoms with van der Waals surface area (Å²) in [6.45, 7) is 4.87. The number of hydrogen-bond donors (Lipinski definition) is 3. The monoisotopic (exact) mass is 698 g/mol. The molecule has 0 unspecified atom stereocenters. The van der Waals surface area contributed by atoms with Gasteiger partial charge in [-0.3, -0.25) is 13.9 Å². The van der Waals surface area contributed by atoms with Gasteiger partial charge in [0.1, 0.15) is 11.3 Å². The number of ether oxygens (including phenoxy) is 4. The van der Waals surface area contributed by atoms with Crippen LogP contribution in [0.5, 0.6) is 0 Å². The lowest BCUT2D eigenvalue weighted by Gasteiger charge is -2.24. The van der Waals surface area contributed by atoms with Gasteiger partial charge in [-0.1, -0.05) is 62.8 Å². The van der Waals surface area contributed by atoms with Gasteiger partial charge in [0.2, 0.25) is 0 Å². The van der Waals surface area contributed by atoms with E-state index >= 15 is 0 Å². The number of imidazole rings is 1. The van der Waals surface area contributed by atoms with E-state index in [2.05, 4.69) is 4.98 Å². The van der Waals surface area contributed by atoms with Crippen molar-refractivity contribution >= 4 is 23.2 Å². The Morgan fingerprint density at radius 2 is 1.36 bits per heavy atom. The van der Waals surface area contributed by atoms with Crippen molar-refractivity contribution in [2.75, 3.05) is 60.0 Å². The molecule has 0 saturated heterocycles. The van der Waals surface area contributed by atoms with Crippen LogP contribution < -0.4 is 11.2 Å². The SMILES string of the molecule is COCCOCCOCCOCCO.O=C(O)/C=C/c1ccc(-c2nc3c([nH]2)c(=O)n(CC2CCCCC2)c(=O)n3CC2CCCCC2)cc1. The van der Waals surface area contributed by atoms with Crippen LogP contribution in [0, 0.1) is 11.8 Å². The van der Waals surface area contributed by atoms with Crippen LogP contribution in [-0.2, 0) is 36.8 Å². The Morgan fingerprint density at radius 3 is 1.90 bits per heavy atom. The summed E-state index contributed by atoms with van der Waals surface area (Å²) in [7, 11) is 1.64. The number of benzene rings is 1. The van der Waals surface area contributed by atoms with Crippen molar-refractivity contribution in [3.8, 4) is 11.4 Å². The van der Waals surface area contributed by atoms with E-state index in [0.29, 0.717) is 88.2 Å². The molecule has 276 valence electrons. The Labute approximate surface area is 293 Å². The van der Waals surface area contributed by atoms with E-state index in [0.717, 1.165) is 55.7 Å². The fourth-order valence-corrected chi connectivity index (χ4v) is 6.55. The van der Waals surface area contributed by atoms with Gasteiger partial charge in [-0.25, -0.2) is 14.6 Å². The number of H-pyrrole nitrogens is 1. The van der Waals surface area contributed by atoms with Gasteiger partial charge in [0.05, 0.1) is 52.9 Å². The number of hydrogen-bond acceptors (Lipinski definition) is 9. The Bertz CT molecular complexity index is 1570. The summed E-state index contributed by atoms with van der Waals surface area (Å²) >= 11 is 0. The van der Waals surface area contributed by atoms with Crippen molar-refractivity contribution in [1.82, 2.24) is 19.1 Å². The minimum Gasteiger partial charge on any atom is -0.478 e. The predicted octanol–water partition coefficient (Wildman–Crippen LogP) is 4.49. The Morgan fingerprint density at radius 1 is 0.820 bits per heavy atom. The van der Waals surface area contributed by atoms with Gasteiger partial charge in [0, 0.05) is 31.8 Å². The number of carboxylic acids is 1. The maximum absolute atomic E-state index is 13.7. The van der Waals surface area contributed by atoms with E-state index in [9.17, 15) is 14.4 Å². The molecule has 3 aromatic rings. The highest BCUT2D eigenvalue weighted by atomic mass is 16.6. The van der Waals surface area contributed by atoms with Crippen LogP contribution >= 0.6 is 0 Å². The minimum absolute atomic E-state index is 0.0557. The molecule has 0 atom stereocenters. The third-order valence-electron chi connectivity index (χ3n) is 9.21. The number of aromatic nitrogens is 4. The molecule has 2 aliphatic carbocycles. The van der Waals surface area contributed by atoms with Crippen LogP contribution in [-0.4, -0.2) is 95.2 Å². The van der Waals surface area contributed by atoms with Crippen molar-refractivity contribution in [3.05, 3.63) is 56.7 Å². The molecule has 0 bridgehead atoms. The second kappa shape index (κ2) is 21.6. The lowest BCUT2D eigenvalue weighted by Crippen LogP contribution is -2.42. The lowest BCUT2D eigenvalue weighted by atomic mass is 9.89. The van der Waals surface area contributed by atoms with Gasteiger partial charge in [-0.2, -0.15) is 0 Å². The van der Waals surface area contributed by atoms with Crippen LogP contribution in [0.15, 0.2) is 39.9 Å². The average Bonchev–Trinajstić information content (AvgIpc) is 3.59. The number of nitrogens with zero attached hydrogens (tertiary/aromatic N) is 3. The second-order valence-corrected chi connectivity index (χ2v) is 12.9. The van der Waals surface area contributed by atoms with Crippen molar-refractivity contribution in [3.63, 3.8) is 0 Å². The molecular formula is C37H54N4O9. The first-order valence-corrected chi connectivity index (χ1v) is 18.0. The van der Waals surface area contributed by atoms with E-state index in [4.69, 9.17) is 34.1 Å². The van der Waals surface area contributed by atoms with Gasteiger partial charge in [0.25, 0.3) is 5.56 Å². The molecular weight excluding hydrogens is 644 g/mol. The van der Waals surface area contributed by atoms with Crippen molar-refractivity contribution < 1.29 is 34.0 Å². The molecule has 3 N–H and O–H groups in total. The van der Waals surface area contributed by atoms with Gasteiger partial charge in [-0.15, -0.1) is 0 Å². The number of aromatic amines is 1. The molecule has 2 heterocycles. The normalized spacial score (nSPS) is 15.8. The summed E-state index contributed by atoms with van der Waals surface area (Å²) < 4.78 is 23.3. The summed E-state index contributed by atoms with van der Waals surface area (Å²) in [4.78, 5) is 46.0. The summed E-state index contributed by atoms with van der Waals surface area (Å²) in [6, 6.07) is 7.28. The molecule has 0 aliphatic heterocycles. The zero-order chi connectivity index (χ0) is 35.6. The van der Waals surface area contributed by atoms with Crippen LogP contribution in [0.3, 0.4) is 0 Å². The molecule has 1 aromatic carbocycles. The van der Waals surface area contributed by atoms with Crippen LogP contribution in [0.2, 0.25) is 0 Å². The number of aliphatic hydroxyl groups excluding tert-OH is 1. The van der Waals surface area contributed by atoms with Crippen LogP contribution in [0.1, 0.15) is 69.8 Å².